The lowest BCUT2D eigenvalue weighted by Crippen LogP contribution is -2.42. The second-order valence-corrected chi connectivity index (χ2v) is 7.20. The minimum Gasteiger partial charge on any atom is -0.393 e. The van der Waals surface area contributed by atoms with E-state index in [2.05, 4.69) is 32.1 Å². The van der Waals surface area contributed by atoms with Crippen LogP contribution in [0.5, 0.6) is 0 Å². The first kappa shape index (κ1) is 18.0. The number of aromatic nitrogens is 2. The molecule has 0 saturated carbocycles. The van der Waals surface area contributed by atoms with Crippen LogP contribution in [0.3, 0.4) is 0 Å². The summed E-state index contributed by atoms with van der Waals surface area (Å²) in [5, 5.41) is 4.29. The number of nitrogens with two attached hydrogens (primary N) is 1. The fourth-order valence-electron chi connectivity index (χ4n) is 3.04. The van der Waals surface area contributed by atoms with Crippen molar-refractivity contribution in [1.29, 1.82) is 0 Å². The van der Waals surface area contributed by atoms with Crippen molar-refractivity contribution in [3.05, 3.63) is 34.6 Å². The number of hydrogen-bond acceptors (Lipinski definition) is 6. The highest BCUT2D eigenvalue weighted by Crippen LogP contribution is 2.33. The zero-order valence-electron chi connectivity index (χ0n) is 14.3. The molecule has 2 heterocycles. The lowest BCUT2D eigenvalue weighted by atomic mass is 10.0. The average molecular weight is 381 g/mol. The van der Waals surface area contributed by atoms with E-state index in [4.69, 9.17) is 28.9 Å². The number of likely N-dealkylation sites (tertiary alicyclic amines) is 1. The van der Waals surface area contributed by atoms with Gasteiger partial charge in [0.2, 0.25) is 0 Å². The highest BCUT2D eigenvalue weighted by atomic mass is 35.5. The van der Waals surface area contributed by atoms with Gasteiger partial charge in [0.15, 0.2) is 11.6 Å². The Morgan fingerprint density at radius 1 is 1.24 bits per heavy atom. The third-order valence-corrected chi connectivity index (χ3v) is 5.18. The fourth-order valence-corrected chi connectivity index (χ4v) is 3.38. The van der Waals surface area contributed by atoms with Crippen LogP contribution in [0.15, 0.2) is 24.5 Å². The van der Waals surface area contributed by atoms with Gasteiger partial charge < -0.3 is 20.9 Å². The van der Waals surface area contributed by atoms with Crippen LogP contribution >= 0.6 is 23.2 Å². The summed E-state index contributed by atoms with van der Waals surface area (Å²) < 4.78 is 0. The lowest BCUT2D eigenvalue weighted by Gasteiger charge is -2.36. The number of nitrogens with one attached hydrogen (secondary N) is 1. The molecular weight excluding hydrogens is 359 g/mol. The fraction of sp³-hybridized carbons (Fsp3) is 0.412. The number of hydrogen-bond donors (Lipinski definition) is 2. The average Bonchev–Trinajstić information content (AvgIpc) is 2.60. The molecule has 0 spiro atoms. The van der Waals surface area contributed by atoms with E-state index < -0.39 is 0 Å². The first-order valence-corrected chi connectivity index (χ1v) is 8.95. The van der Waals surface area contributed by atoms with Gasteiger partial charge in [-0.3, -0.25) is 0 Å². The van der Waals surface area contributed by atoms with E-state index in [1.165, 1.54) is 6.33 Å². The van der Waals surface area contributed by atoms with Crippen LogP contribution in [-0.2, 0) is 0 Å². The van der Waals surface area contributed by atoms with Gasteiger partial charge in [-0.1, -0.05) is 23.2 Å². The van der Waals surface area contributed by atoms with E-state index in [0.717, 1.165) is 31.7 Å². The first-order chi connectivity index (χ1) is 12.0. The maximum absolute atomic E-state index is 6.34. The Morgan fingerprint density at radius 3 is 2.68 bits per heavy atom. The predicted octanol–water partition coefficient (Wildman–Crippen LogP) is 3.64. The van der Waals surface area contributed by atoms with Crippen molar-refractivity contribution in [2.45, 2.75) is 18.9 Å². The molecule has 0 unspecified atom stereocenters. The maximum Gasteiger partial charge on any atom is 0.159 e. The summed E-state index contributed by atoms with van der Waals surface area (Å²) in [5.74, 6) is 1.25. The molecule has 0 bridgehead atoms. The number of rotatable bonds is 4. The van der Waals surface area contributed by atoms with E-state index in [-0.39, 0.29) is 0 Å². The molecule has 1 aliphatic rings. The SMILES string of the molecule is CN1CCC(N(C)c2ncnc(Nc3cc(Cl)ccc3Cl)c2N)CC1. The van der Waals surface area contributed by atoms with Crippen molar-refractivity contribution in [2.75, 3.05) is 43.1 Å². The summed E-state index contributed by atoms with van der Waals surface area (Å²) in [7, 11) is 4.18. The molecule has 0 aliphatic carbocycles. The monoisotopic (exact) mass is 380 g/mol. The molecule has 1 aromatic carbocycles. The molecule has 1 fully saturated rings. The largest absolute Gasteiger partial charge is 0.393 e. The molecule has 3 rings (SSSR count). The van der Waals surface area contributed by atoms with Gasteiger partial charge in [0.25, 0.3) is 0 Å². The first-order valence-electron chi connectivity index (χ1n) is 8.19. The van der Waals surface area contributed by atoms with Crippen molar-refractivity contribution >= 4 is 46.2 Å². The Balaban J connectivity index is 1.83. The second-order valence-electron chi connectivity index (χ2n) is 6.35. The lowest BCUT2D eigenvalue weighted by molar-refractivity contribution is 0.252. The molecule has 6 nitrogen and oxygen atoms in total. The van der Waals surface area contributed by atoms with E-state index in [1.54, 1.807) is 18.2 Å². The summed E-state index contributed by atoms with van der Waals surface area (Å²) in [6.07, 6.45) is 3.68. The molecule has 0 atom stereocenters. The third kappa shape index (κ3) is 4.08. The van der Waals surface area contributed by atoms with Gasteiger partial charge in [-0.2, -0.15) is 0 Å². The number of piperidine rings is 1. The van der Waals surface area contributed by atoms with Crippen molar-refractivity contribution in [3.63, 3.8) is 0 Å². The van der Waals surface area contributed by atoms with Crippen LogP contribution in [0.1, 0.15) is 12.8 Å². The van der Waals surface area contributed by atoms with Crippen LogP contribution in [0.2, 0.25) is 10.0 Å². The molecule has 134 valence electrons. The summed E-state index contributed by atoms with van der Waals surface area (Å²) in [6, 6.07) is 5.62. The molecule has 8 heteroatoms. The summed E-state index contributed by atoms with van der Waals surface area (Å²) in [4.78, 5) is 13.1. The Kier molecular flexibility index (Phi) is 5.51. The number of nitrogen functional groups attached to an aromatic ring is 1. The molecule has 0 amide bonds. The van der Waals surface area contributed by atoms with Crippen LogP contribution < -0.4 is 16.0 Å². The number of anilines is 4. The van der Waals surface area contributed by atoms with Gasteiger partial charge in [0, 0.05) is 18.1 Å². The van der Waals surface area contributed by atoms with E-state index >= 15 is 0 Å². The molecule has 1 saturated heterocycles. The Bertz CT molecular complexity index is 746. The quantitative estimate of drug-likeness (QED) is 0.843. The van der Waals surface area contributed by atoms with Crippen molar-refractivity contribution in [3.8, 4) is 0 Å². The minimum absolute atomic E-state index is 0.413. The van der Waals surface area contributed by atoms with Crippen molar-refractivity contribution in [1.82, 2.24) is 14.9 Å². The van der Waals surface area contributed by atoms with Gasteiger partial charge in [0.05, 0.1) is 10.7 Å². The Hall–Kier alpha value is -1.76. The summed E-state index contributed by atoms with van der Waals surface area (Å²) in [5.41, 5.74) is 7.50. The molecule has 1 aromatic heterocycles. The molecule has 3 N–H and O–H groups in total. The normalized spacial score (nSPS) is 16.0. The topological polar surface area (TPSA) is 70.3 Å². The van der Waals surface area contributed by atoms with Gasteiger partial charge in [-0.25, -0.2) is 9.97 Å². The van der Waals surface area contributed by atoms with Crippen molar-refractivity contribution in [2.24, 2.45) is 0 Å². The number of halogens is 2. The van der Waals surface area contributed by atoms with Gasteiger partial charge in [-0.05, 0) is 51.2 Å². The van der Waals surface area contributed by atoms with E-state index in [1.807, 2.05) is 7.05 Å². The number of benzene rings is 1. The van der Waals surface area contributed by atoms with E-state index in [9.17, 15) is 0 Å². The zero-order valence-corrected chi connectivity index (χ0v) is 15.8. The standard InChI is InChI=1S/C17H22Cl2N6/c1-24-7-5-12(6-8-24)25(2)17-15(20)16(21-10-22-17)23-14-9-11(18)3-4-13(14)19/h3-4,9-10,12H,5-8,20H2,1-2H3,(H,21,22,23). The van der Waals surface area contributed by atoms with Gasteiger partial charge in [-0.15, -0.1) is 0 Å². The van der Waals surface area contributed by atoms with Crippen LogP contribution in [0, 0.1) is 0 Å². The Morgan fingerprint density at radius 2 is 1.96 bits per heavy atom. The highest BCUT2D eigenvalue weighted by Gasteiger charge is 2.24. The van der Waals surface area contributed by atoms with E-state index in [0.29, 0.717) is 33.3 Å². The minimum atomic E-state index is 0.413. The van der Waals surface area contributed by atoms with Crippen LogP contribution in [0.4, 0.5) is 23.0 Å². The third-order valence-electron chi connectivity index (χ3n) is 4.61. The molecule has 1 aliphatic heterocycles. The van der Waals surface area contributed by atoms with Gasteiger partial charge >= 0.3 is 0 Å². The van der Waals surface area contributed by atoms with Crippen LogP contribution in [-0.4, -0.2) is 48.1 Å². The molecule has 2 aromatic rings. The predicted molar refractivity (Wildman–Crippen MR) is 105 cm³/mol. The second kappa shape index (κ2) is 7.64. The molecule has 0 radical (unpaired) electrons. The summed E-state index contributed by atoms with van der Waals surface area (Å²) in [6.45, 7) is 2.15. The van der Waals surface area contributed by atoms with Crippen molar-refractivity contribution < 1.29 is 0 Å². The maximum atomic E-state index is 6.34. The van der Waals surface area contributed by atoms with Gasteiger partial charge in [0.1, 0.15) is 12.0 Å². The van der Waals surface area contributed by atoms with Crippen LogP contribution in [0.25, 0.3) is 0 Å². The smallest absolute Gasteiger partial charge is 0.159 e. The summed E-state index contributed by atoms with van der Waals surface area (Å²) >= 11 is 12.3. The number of nitrogens with zero attached hydrogens (tertiary/aromatic N) is 4. The molecular formula is C17H22Cl2N6. The zero-order chi connectivity index (χ0) is 18.0. The Labute approximate surface area is 157 Å². The molecule has 25 heavy (non-hydrogen) atoms. The highest BCUT2D eigenvalue weighted by molar-refractivity contribution is 6.35.